The van der Waals surface area contributed by atoms with Crippen molar-refractivity contribution in [2.45, 2.75) is 105 Å². The second kappa shape index (κ2) is 16.7. The largest absolute Gasteiger partial charge is 0.298 e. The lowest BCUT2D eigenvalue weighted by Crippen LogP contribution is -2.34. The fourth-order valence-corrected chi connectivity index (χ4v) is 4.13. The highest BCUT2D eigenvalue weighted by molar-refractivity contribution is 5.40. The van der Waals surface area contributed by atoms with Crippen molar-refractivity contribution in [2.24, 2.45) is 0 Å². The van der Waals surface area contributed by atoms with Crippen LogP contribution in [0, 0.1) is 6.92 Å². The summed E-state index contributed by atoms with van der Waals surface area (Å²) < 4.78 is 0. The lowest BCUT2D eigenvalue weighted by molar-refractivity contribution is 0.206. The van der Waals surface area contributed by atoms with Crippen molar-refractivity contribution in [3.63, 3.8) is 0 Å². The fourth-order valence-electron chi connectivity index (χ4n) is 4.13. The summed E-state index contributed by atoms with van der Waals surface area (Å²) in [6, 6.07) is 19.7. The molecule has 1 atom stereocenters. The molecule has 0 N–H and O–H groups in total. The van der Waals surface area contributed by atoms with Gasteiger partial charge in [-0.1, -0.05) is 90.1 Å². The predicted molar refractivity (Wildman–Crippen MR) is 147 cm³/mol. The van der Waals surface area contributed by atoms with Crippen LogP contribution in [0.2, 0.25) is 0 Å². The Hall–Kier alpha value is -1.86. The molecule has 0 aliphatic heterocycles. The van der Waals surface area contributed by atoms with E-state index in [0.717, 1.165) is 6.04 Å². The summed E-state index contributed by atoms with van der Waals surface area (Å²) in [5.74, 6) is 1.05. The minimum atomic E-state index is 0.481. The van der Waals surface area contributed by atoms with E-state index in [-0.39, 0.29) is 0 Å². The maximum Gasteiger partial charge on any atom is 0.0104 e. The Kier molecular flexibility index (Phi) is 15.8. The molecule has 1 fully saturated rings. The molecule has 2 aromatic rings. The zero-order valence-corrected chi connectivity index (χ0v) is 22.6. The van der Waals surface area contributed by atoms with Gasteiger partial charge >= 0.3 is 0 Å². The van der Waals surface area contributed by atoms with Crippen LogP contribution in [-0.2, 0) is 0 Å². The summed E-state index contributed by atoms with van der Waals surface area (Å²) in [6.07, 6.45) is 3.97. The number of rotatable bonds is 8. The van der Waals surface area contributed by atoms with Gasteiger partial charge in [-0.05, 0) is 74.8 Å². The van der Waals surface area contributed by atoms with Gasteiger partial charge in [-0.2, -0.15) is 0 Å². The number of benzene rings is 2. The predicted octanol–water partition coefficient (Wildman–Crippen LogP) is 9.37. The van der Waals surface area contributed by atoms with Crippen LogP contribution < -0.4 is 0 Å². The average Bonchev–Trinajstić information content (AvgIpc) is 3.67. The van der Waals surface area contributed by atoms with Crippen molar-refractivity contribution < 1.29 is 0 Å². The zero-order chi connectivity index (χ0) is 24.7. The molecule has 1 aliphatic carbocycles. The fraction of sp³-hybridized carbons (Fsp3) is 0.548. The SMILES string of the molecule is C=C.CC.CC.Cc1ccc(C(C)C)cc1C(CCN(C(C)C)C1CC1)c1ccccc1. The molecule has 180 valence electrons. The van der Waals surface area contributed by atoms with Crippen LogP contribution in [0.15, 0.2) is 61.7 Å². The first kappa shape index (κ1) is 30.1. The van der Waals surface area contributed by atoms with Gasteiger partial charge in [-0.25, -0.2) is 0 Å². The van der Waals surface area contributed by atoms with Crippen LogP contribution >= 0.6 is 0 Å². The van der Waals surface area contributed by atoms with Gasteiger partial charge in [0.1, 0.15) is 0 Å². The Morgan fingerprint density at radius 2 is 1.41 bits per heavy atom. The molecule has 3 rings (SSSR count). The van der Waals surface area contributed by atoms with E-state index < -0.39 is 0 Å². The molecule has 0 radical (unpaired) electrons. The lowest BCUT2D eigenvalue weighted by atomic mass is 9.84. The average molecular weight is 438 g/mol. The molecule has 0 saturated heterocycles. The highest BCUT2D eigenvalue weighted by Crippen LogP contribution is 2.35. The van der Waals surface area contributed by atoms with Crippen molar-refractivity contribution in [3.05, 3.63) is 83.9 Å². The summed E-state index contributed by atoms with van der Waals surface area (Å²) in [5.41, 5.74) is 5.85. The third-order valence-electron chi connectivity index (χ3n) is 5.90. The maximum absolute atomic E-state index is 3.00. The van der Waals surface area contributed by atoms with Crippen LogP contribution in [0.1, 0.15) is 109 Å². The first-order valence-electron chi connectivity index (χ1n) is 12.9. The van der Waals surface area contributed by atoms with Gasteiger partial charge in [0.2, 0.25) is 0 Å². The Balaban J connectivity index is 0.00000148. The third kappa shape index (κ3) is 9.33. The number of hydrogen-bond donors (Lipinski definition) is 0. The van der Waals surface area contributed by atoms with E-state index in [4.69, 9.17) is 0 Å². The molecule has 0 bridgehead atoms. The summed E-state index contributed by atoms with van der Waals surface area (Å²) in [4.78, 5) is 2.72. The van der Waals surface area contributed by atoms with Crippen molar-refractivity contribution in [1.82, 2.24) is 4.90 Å². The Labute approximate surface area is 201 Å². The molecule has 0 heterocycles. The highest BCUT2D eigenvalue weighted by atomic mass is 15.2. The molecule has 1 aliphatic rings. The molecule has 1 nitrogen and oxygen atoms in total. The van der Waals surface area contributed by atoms with Gasteiger partial charge in [0.25, 0.3) is 0 Å². The molecule has 1 saturated carbocycles. The molecule has 1 heteroatoms. The van der Waals surface area contributed by atoms with Gasteiger partial charge in [-0.3, -0.25) is 4.90 Å². The van der Waals surface area contributed by atoms with E-state index in [0.29, 0.717) is 17.9 Å². The maximum atomic E-state index is 3.00. The van der Waals surface area contributed by atoms with E-state index in [1.165, 1.54) is 48.1 Å². The van der Waals surface area contributed by atoms with Crippen LogP contribution in [0.3, 0.4) is 0 Å². The standard InChI is InChI=1S/C25H35N.2C2H6.C2H4/c1-18(2)22-12-11-20(5)25(17-22)24(21-9-7-6-8-10-21)15-16-26(19(3)4)23-13-14-23;3*1-2/h6-12,17-19,23-24H,13-16H2,1-5H3;2*1-2H3;1-2H2. The Morgan fingerprint density at radius 3 is 1.88 bits per heavy atom. The lowest BCUT2D eigenvalue weighted by Gasteiger charge is -2.29. The molecule has 1 unspecified atom stereocenters. The summed E-state index contributed by atoms with van der Waals surface area (Å²) in [5, 5.41) is 0. The second-order valence-electron chi connectivity index (χ2n) is 8.59. The van der Waals surface area contributed by atoms with E-state index in [1.54, 1.807) is 0 Å². The number of aryl methyl sites for hydroxylation is 1. The van der Waals surface area contributed by atoms with Crippen LogP contribution in [-0.4, -0.2) is 23.5 Å². The summed E-state index contributed by atoms with van der Waals surface area (Å²) in [7, 11) is 0. The Bertz CT molecular complexity index is 710. The van der Waals surface area contributed by atoms with Crippen molar-refractivity contribution in [2.75, 3.05) is 6.54 Å². The van der Waals surface area contributed by atoms with Crippen molar-refractivity contribution >= 4 is 0 Å². The van der Waals surface area contributed by atoms with Crippen molar-refractivity contribution in [3.8, 4) is 0 Å². The molecule has 32 heavy (non-hydrogen) atoms. The quantitative estimate of drug-likeness (QED) is 0.372. The smallest absolute Gasteiger partial charge is 0.0104 e. The molecular weight excluding hydrogens is 386 g/mol. The Morgan fingerprint density at radius 1 is 0.844 bits per heavy atom. The van der Waals surface area contributed by atoms with E-state index in [2.05, 4.69) is 101 Å². The summed E-state index contributed by atoms with van der Waals surface area (Å²) in [6.45, 7) is 26.7. The van der Waals surface area contributed by atoms with Gasteiger partial charge in [0, 0.05) is 18.0 Å². The van der Waals surface area contributed by atoms with E-state index in [9.17, 15) is 0 Å². The normalized spacial score (nSPS) is 13.4. The van der Waals surface area contributed by atoms with Crippen LogP contribution in [0.4, 0.5) is 0 Å². The van der Waals surface area contributed by atoms with E-state index in [1.807, 2.05) is 27.7 Å². The number of hydrogen-bond acceptors (Lipinski definition) is 1. The molecule has 2 aromatic carbocycles. The zero-order valence-electron chi connectivity index (χ0n) is 22.6. The van der Waals surface area contributed by atoms with Gasteiger partial charge in [0.15, 0.2) is 0 Å². The molecule has 0 spiro atoms. The molecular formula is C31H51N. The molecule has 0 amide bonds. The summed E-state index contributed by atoms with van der Waals surface area (Å²) >= 11 is 0. The monoisotopic (exact) mass is 437 g/mol. The third-order valence-corrected chi connectivity index (χ3v) is 5.90. The first-order chi connectivity index (χ1) is 15.5. The first-order valence-corrected chi connectivity index (χ1v) is 12.9. The van der Waals surface area contributed by atoms with Crippen molar-refractivity contribution in [1.29, 1.82) is 0 Å². The van der Waals surface area contributed by atoms with E-state index >= 15 is 0 Å². The highest BCUT2D eigenvalue weighted by Gasteiger charge is 2.31. The minimum Gasteiger partial charge on any atom is -0.298 e. The van der Waals surface area contributed by atoms with Crippen LogP contribution in [0.25, 0.3) is 0 Å². The second-order valence-corrected chi connectivity index (χ2v) is 8.59. The van der Waals surface area contributed by atoms with Crippen LogP contribution in [0.5, 0.6) is 0 Å². The number of nitrogens with zero attached hydrogens (tertiary/aromatic N) is 1. The minimum absolute atomic E-state index is 0.481. The van der Waals surface area contributed by atoms with Gasteiger partial charge in [-0.15, -0.1) is 13.2 Å². The van der Waals surface area contributed by atoms with Gasteiger partial charge in [0.05, 0.1) is 0 Å². The topological polar surface area (TPSA) is 3.24 Å². The van der Waals surface area contributed by atoms with Gasteiger partial charge < -0.3 is 0 Å². The molecule has 0 aromatic heterocycles.